The van der Waals surface area contributed by atoms with Crippen LogP contribution in [0.1, 0.15) is 16.1 Å². The van der Waals surface area contributed by atoms with Crippen molar-refractivity contribution in [2.45, 2.75) is 6.54 Å². The van der Waals surface area contributed by atoms with Gasteiger partial charge in [0.15, 0.2) is 5.69 Å². The van der Waals surface area contributed by atoms with Crippen LogP contribution in [0.25, 0.3) is 0 Å². The molecular formula is C14H17N3O3. The van der Waals surface area contributed by atoms with Crippen LogP contribution in [0.15, 0.2) is 36.5 Å². The van der Waals surface area contributed by atoms with Crippen molar-refractivity contribution >= 4 is 5.91 Å². The minimum absolute atomic E-state index is 0.277. The molecule has 0 aliphatic rings. The molecule has 0 spiro atoms. The van der Waals surface area contributed by atoms with Gasteiger partial charge in [-0.2, -0.15) is 5.10 Å². The van der Waals surface area contributed by atoms with Crippen LogP contribution in [-0.4, -0.2) is 42.0 Å². The Morgan fingerprint density at radius 2 is 1.95 bits per heavy atom. The van der Waals surface area contributed by atoms with Gasteiger partial charge in [-0.3, -0.25) is 14.3 Å². The summed E-state index contributed by atoms with van der Waals surface area (Å²) < 4.78 is 6.81. The summed E-state index contributed by atoms with van der Waals surface area (Å²) in [5, 5.41) is 5.37. The van der Waals surface area contributed by atoms with Gasteiger partial charge in [0.25, 0.3) is 5.91 Å². The highest BCUT2D eigenvalue weighted by molar-refractivity contribution is 5.91. The fourth-order valence-corrected chi connectivity index (χ4v) is 1.73. The van der Waals surface area contributed by atoms with Crippen LogP contribution < -0.4 is 4.74 Å². The van der Waals surface area contributed by atoms with Gasteiger partial charge < -0.3 is 4.74 Å². The van der Waals surface area contributed by atoms with E-state index in [4.69, 9.17) is 9.57 Å². The van der Waals surface area contributed by atoms with Gasteiger partial charge in [-0.05, 0) is 23.8 Å². The van der Waals surface area contributed by atoms with E-state index in [1.807, 2.05) is 24.3 Å². The standard InChI is InChI=1S/C14H17N3O3/c1-16(20-3)14(18)13-8-9-17(15-13)10-11-4-6-12(19-2)7-5-11/h4-9H,10H2,1-3H3. The monoisotopic (exact) mass is 275 g/mol. The normalized spacial score (nSPS) is 10.3. The third kappa shape index (κ3) is 3.16. The van der Waals surface area contributed by atoms with Crippen LogP contribution in [-0.2, 0) is 11.4 Å². The Hall–Kier alpha value is -2.34. The van der Waals surface area contributed by atoms with Crippen LogP contribution in [0.5, 0.6) is 5.75 Å². The molecule has 106 valence electrons. The number of carbonyl (C=O) groups is 1. The molecule has 0 radical (unpaired) electrons. The van der Waals surface area contributed by atoms with Crippen molar-refractivity contribution in [3.05, 3.63) is 47.8 Å². The van der Waals surface area contributed by atoms with Crippen molar-refractivity contribution in [2.75, 3.05) is 21.3 Å². The summed E-state index contributed by atoms with van der Waals surface area (Å²) in [6.45, 7) is 0.591. The summed E-state index contributed by atoms with van der Waals surface area (Å²) in [7, 11) is 4.61. The quantitative estimate of drug-likeness (QED) is 0.777. The molecule has 1 aromatic carbocycles. The molecule has 2 aromatic rings. The first-order valence-electron chi connectivity index (χ1n) is 6.12. The molecule has 1 heterocycles. The first kappa shape index (κ1) is 14.1. The summed E-state index contributed by atoms with van der Waals surface area (Å²) in [6.07, 6.45) is 1.76. The molecule has 0 N–H and O–H groups in total. The number of hydroxylamine groups is 2. The number of hydrogen-bond donors (Lipinski definition) is 0. The lowest BCUT2D eigenvalue weighted by molar-refractivity contribution is -0.0760. The van der Waals surface area contributed by atoms with E-state index in [0.717, 1.165) is 16.4 Å². The summed E-state index contributed by atoms with van der Waals surface area (Å²) in [4.78, 5) is 16.7. The minimum Gasteiger partial charge on any atom is -0.497 e. The molecule has 0 bridgehead atoms. The third-order valence-electron chi connectivity index (χ3n) is 2.92. The molecule has 0 saturated heterocycles. The largest absolute Gasteiger partial charge is 0.497 e. The van der Waals surface area contributed by atoms with Crippen LogP contribution >= 0.6 is 0 Å². The molecule has 2 rings (SSSR count). The molecule has 0 unspecified atom stereocenters. The van der Waals surface area contributed by atoms with E-state index < -0.39 is 0 Å². The van der Waals surface area contributed by atoms with Crippen molar-refractivity contribution in [3.63, 3.8) is 0 Å². The predicted octanol–water partition coefficient (Wildman–Crippen LogP) is 1.57. The van der Waals surface area contributed by atoms with E-state index in [9.17, 15) is 4.79 Å². The van der Waals surface area contributed by atoms with Crippen molar-refractivity contribution in [1.29, 1.82) is 0 Å². The highest BCUT2D eigenvalue weighted by atomic mass is 16.7. The van der Waals surface area contributed by atoms with Gasteiger partial charge in [-0.25, -0.2) is 5.06 Å². The molecule has 6 nitrogen and oxygen atoms in total. The lowest BCUT2D eigenvalue weighted by Crippen LogP contribution is -2.25. The zero-order valence-electron chi connectivity index (χ0n) is 11.7. The molecule has 20 heavy (non-hydrogen) atoms. The van der Waals surface area contributed by atoms with Crippen molar-refractivity contribution in [1.82, 2.24) is 14.8 Å². The second kappa shape index (κ2) is 6.21. The number of carbonyl (C=O) groups excluding carboxylic acids is 1. The lowest BCUT2D eigenvalue weighted by Gasteiger charge is -2.11. The molecule has 0 aliphatic heterocycles. The number of ether oxygens (including phenoxy) is 1. The lowest BCUT2D eigenvalue weighted by atomic mass is 10.2. The number of hydrogen-bond acceptors (Lipinski definition) is 4. The van der Waals surface area contributed by atoms with Gasteiger partial charge in [0.1, 0.15) is 5.75 Å². The van der Waals surface area contributed by atoms with E-state index in [2.05, 4.69) is 5.10 Å². The number of aromatic nitrogens is 2. The van der Waals surface area contributed by atoms with Crippen molar-refractivity contribution in [3.8, 4) is 5.75 Å². The number of rotatable bonds is 5. The molecule has 0 fully saturated rings. The Labute approximate surface area is 117 Å². The Morgan fingerprint density at radius 3 is 2.55 bits per heavy atom. The van der Waals surface area contributed by atoms with Crippen LogP contribution in [0.4, 0.5) is 0 Å². The van der Waals surface area contributed by atoms with Crippen LogP contribution in [0.2, 0.25) is 0 Å². The molecule has 0 atom stereocenters. The molecular weight excluding hydrogens is 258 g/mol. The molecule has 0 saturated carbocycles. The topological polar surface area (TPSA) is 56.6 Å². The maximum Gasteiger partial charge on any atom is 0.297 e. The highest BCUT2D eigenvalue weighted by Crippen LogP contribution is 2.12. The summed E-state index contributed by atoms with van der Waals surface area (Å²) in [6, 6.07) is 9.38. The third-order valence-corrected chi connectivity index (χ3v) is 2.92. The number of nitrogens with zero attached hydrogens (tertiary/aromatic N) is 3. The average molecular weight is 275 g/mol. The summed E-state index contributed by atoms with van der Waals surface area (Å²) in [5.41, 5.74) is 1.43. The van der Waals surface area contributed by atoms with E-state index >= 15 is 0 Å². The van der Waals surface area contributed by atoms with E-state index in [1.165, 1.54) is 7.11 Å². The minimum atomic E-state index is -0.277. The number of benzene rings is 1. The van der Waals surface area contributed by atoms with Gasteiger partial charge in [-0.15, -0.1) is 0 Å². The van der Waals surface area contributed by atoms with E-state index in [-0.39, 0.29) is 5.91 Å². The summed E-state index contributed by atoms with van der Waals surface area (Å²) in [5.74, 6) is 0.535. The first-order chi connectivity index (χ1) is 9.63. The number of methoxy groups -OCH3 is 1. The molecule has 0 aliphatic carbocycles. The van der Waals surface area contributed by atoms with Gasteiger partial charge in [0.05, 0.1) is 20.8 Å². The van der Waals surface area contributed by atoms with Crippen molar-refractivity contribution < 1.29 is 14.4 Å². The Balaban J connectivity index is 2.07. The van der Waals surface area contributed by atoms with Crippen molar-refractivity contribution in [2.24, 2.45) is 0 Å². The number of amides is 1. The van der Waals surface area contributed by atoms with Crippen LogP contribution in [0, 0.1) is 0 Å². The predicted molar refractivity (Wildman–Crippen MR) is 73.4 cm³/mol. The molecule has 1 amide bonds. The highest BCUT2D eigenvalue weighted by Gasteiger charge is 2.14. The molecule has 1 aromatic heterocycles. The average Bonchev–Trinajstić information content (AvgIpc) is 2.95. The van der Waals surface area contributed by atoms with Crippen LogP contribution in [0.3, 0.4) is 0 Å². The Morgan fingerprint density at radius 1 is 1.25 bits per heavy atom. The van der Waals surface area contributed by atoms with Gasteiger partial charge >= 0.3 is 0 Å². The molecule has 6 heteroatoms. The summed E-state index contributed by atoms with van der Waals surface area (Å²) >= 11 is 0. The fourth-order valence-electron chi connectivity index (χ4n) is 1.73. The zero-order valence-corrected chi connectivity index (χ0v) is 11.7. The smallest absolute Gasteiger partial charge is 0.297 e. The zero-order chi connectivity index (χ0) is 14.5. The Kier molecular flexibility index (Phi) is 4.37. The fraction of sp³-hybridized carbons (Fsp3) is 0.286. The van der Waals surface area contributed by atoms with Gasteiger partial charge in [-0.1, -0.05) is 12.1 Å². The second-order valence-corrected chi connectivity index (χ2v) is 4.23. The Bertz CT molecular complexity index is 578. The van der Waals surface area contributed by atoms with E-state index in [0.29, 0.717) is 12.2 Å². The second-order valence-electron chi connectivity index (χ2n) is 4.23. The first-order valence-corrected chi connectivity index (χ1v) is 6.12. The maximum absolute atomic E-state index is 11.8. The maximum atomic E-state index is 11.8. The van der Waals surface area contributed by atoms with E-state index in [1.54, 1.807) is 31.1 Å². The SMILES string of the molecule is COc1ccc(Cn2ccc(C(=O)N(C)OC)n2)cc1. The van der Waals surface area contributed by atoms with Gasteiger partial charge in [0, 0.05) is 13.2 Å². The van der Waals surface area contributed by atoms with Gasteiger partial charge in [0.2, 0.25) is 0 Å².